The molecule has 686 valence electrons. The molecule has 0 saturated heterocycles. The summed E-state index contributed by atoms with van der Waals surface area (Å²) in [5.74, 6) is 1.39. The molecule has 3 aromatic heterocycles. The Labute approximate surface area is 839 Å². The van der Waals surface area contributed by atoms with Crippen molar-refractivity contribution in [1.29, 1.82) is 0 Å². The maximum absolute atomic E-state index is 5.10. The molecule has 0 radical (unpaired) electrons. The van der Waals surface area contributed by atoms with Gasteiger partial charge in [0.15, 0.2) is 11.6 Å². The van der Waals surface area contributed by atoms with Gasteiger partial charge in [0.2, 0.25) is 0 Å². The highest BCUT2D eigenvalue weighted by Crippen LogP contribution is 2.51. The topological polar surface area (TPSA) is 90.2 Å². The molecule has 0 aliphatic heterocycles. The van der Waals surface area contributed by atoms with Crippen LogP contribution in [0.25, 0.3) is 254 Å². The highest BCUT2D eigenvalue weighted by molar-refractivity contribution is 6.31. The highest BCUT2D eigenvalue weighted by Gasteiger charge is 2.27. The molecule has 26 aromatic rings. The highest BCUT2D eigenvalue weighted by atomic mass is 15.0. The van der Waals surface area contributed by atoms with Gasteiger partial charge in [-0.15, -0.1) is 0 Å². The fraction of sp³-hybridized carbons (Fsp3) is 0.0876. The maximum atomic E-state index is 5.10. The van der Waals surface area contributed by atoms with Crippen molar-refractivity contribution >= 4 is 97.0 Å². The van der Waals surface area contributed by atoms with Gasteiger partial charge in [-0.3, -0.25) is 0 Å². The van der Waals surface area contributed by atoms with Crippen molar-refractivity contribution in [1.82, 2.24) is 34.9 Å². The van der Waals surface area contributed by atoms with Crippen LogP contribution in [0.15, 0.2) is 462 Å². The predicted octanol–water partition coefficient (Wildman–Crippen LogP) is 36.7. The van der Waals surface area contributed by atoms with Gasteiger partial charge < -0.3 is 0 Å². The van der Waals surface area contributed by atoms with Crippen molar-refractivity contribution in [3.63, 3.8) is 0 Å². The number of aromatic nitrogens is 7. The molecule has 23 aromatic carbocycles. The zero-order valence-corrected chi connectivity index (χ0v) is 82.0. The van der Waals surface area contributed by atoms with Crippen LogP contribution in [0.2, 0.25) is 0 Å². The summed E-state index contributed by atoms with van der Waals surface area (Å²) in [6.07, 6.45) is 8.37. The van der Waals surface area contributed by atoms with Gasteiger partial charge in [-0.2, -0.15) is 0 Å². The second kappa shape index (κ2) is 36.5. The van der Waals surface area contributed by atoms with Crippen LogP contribution in [0.4, 0.5) is 0 Å². The first-order valence-electron chi connectivity index (χ1n) is 49.7. The van der Waals surface area contributed by atoms with Crippen LogP contribution < -0.4 is 0 Å². The molecule has 0 saturated carbocycles. The number of hydrogen-bond donors (Lipinski definition) is 0. The molecule has 0 N–H and O–H groups in total. The van der Waals surface area contributed by atoms with E-state index in [9.17, 15) is 0 Å². The Hall–Kier alpha value is -17.7. The summed E-state index contributed by atoms with van der Waals surface area (Å²) < 4.78 is 0. The summed E-state index contributed by atoms with van der Waals surface area (Å²) in [7, 11) is 0. The third kappa shape index (κ3) is 16.9. The molecular formula is C137H103N7. The lowest BCUT2D eigenvalue weighted by Crippen LogP contribution is -2.10. The molecule has 0 bridgehead atoms. The van der Waals surface area contributed by atoms with Crippen LogP contribution in [0, 0.1) is 0 Å². The maximum Gasteiger partial charge on any atom is 0.162 e. The number of benzene rings is 23. The standard InChI is InChI=1S/C54H40N2.C42H32N2.C41H31N3/c1-54(2,3)44-31-42-27-29-45-47(37-21-19-36(20-22-37)35-13-7-4-8-14-35)33-48(46-30-28-43(32-44)51(42)52(45)46)38-23-25-40(26-24-38)50-34-49(39-15-9-5-10-16-39)55-53(56-50)41-17-11-6-12-18-41;1-42(2,3)35-21-32-17-19-36-38(30-13-9-28(10-14-30)27-7-5-4-6-8-27)23-39(37-20-18-33(22-35)40(32)41(36)37)31-15-11-29(12-16-31)34-24-43-26-44-25-34;1-41(2,3)33-21-31-17-19-34-36(28-11-9-27(10-12-28)26-7-5-4-6-8-26)23-37(35-20-18-32(22-33)38(31)39(34)35)29-13-15-30(16-14-29)40-43-24-42-25-44-40/h4-34H,1-3H3;4-26H,1-3H3;4-25H,1-3H3. The van der Waals surface area contributed by atoms with Crippen LogP contribution in [0.3, 0.4) is 0 Å². The number of hydrogen-bond acceptors (Lipinski definition) is 7. The Balaban J connectivity index is 0.000000117. The molecule has 3 heterocycles. The quantitative estimate of drug-likeness (QED) is 0.100. The minimum Gasteiger partial charge on any atom is -0.244 e. The smallest absolute Gasteiger partial charge is 0.162 e. The Morgan fingerprint density at radius 2 is 0.375 bits per heavy atom. The molecule has 0 aliphatic carbocycles. The molecule has 0 amide bonds. The summed E-state index contributed by atoms with van der Waals surface area (Å²) in [6, 6.07) is 157. The van der Waals surface area contributed by atoms with Crippen LogP contribution >= 0.6 is 0 Å². The van der Waals surface area contributed by atoms with E-state index in [0.29, 0.717) is 5.82 Å². The summed E-state index contributed by atoms with van der Waals surface area (Å²) in [6.45, 7) is 20.6. The van der Waals surface area contributed by atoms with Gasteiger partial charge in [0.25, 0.3) is 0 Å². The van der Waals surface area contributed by atoms with Gasteiger partial charge >= 0.3 is 0 Å². The van der Waals surface area contributed by atoms with E-state index in [0.717, 1.165) is 50.6 Å². The lowest BCUT2D eigenvalue weighted by molar-refractivity contribution is 0.591. The van der Waals surface area contributed by atoms with Crippen LogP contribution in [-0.4, -0.2) is 34.9 Å². The molecule has 7 heteroatoms. The first kappa shape index (κ1) is 89.0. The second-order valence-corrected chi connectivity index (χ2v) is 41.2. The van der Waals surface area contributed by atoms with Crippen LogP contribution in [0.5, 0.6) is 0 Å². The van der Waals surface area contributed by atoms with E-state index in [1.165, 1.54) is 226 Å². The van der Waals surface area contributed by atoms with Crippen molar-refractivity contribution in [2.45, 2.75) is 78.6 Å². The Morgan fingerprint density at radius 1 is 0.160 bits per heavy atom. The second-order valence-electron chi connectivity index (χ2n) is 41.2. The predicted molar refractivity (Wildman–Crippen MR) is 607 cm³/mol. The van der Waals surface area contributed by atoms with Gasteiger partial charge in [0.1, 0.15) is 19.0 Å². The Bertz CT molecular complexity index is 8520. The van der Waals surface area contributed by atoms with E-state index in [-0.39, 0.29) is 16.2 Å². The van der Waals surface area contributed by atoms with Crippen molar-refractivity contribution in [2.75, 3.05) is 0 Å². The average molecular weight is 1850 g/mol. The van der Waals surface area contributed by atoms with Crippen molar-refractivity contribution in [3.8, 4) is 157 Å². The fourth-order valence-corrected chi connectivity index (χ4v) is 21.3. The van der Waals surface area contributed by atoms with Crippen molar-refractivity contribution in [3.05, 3.63) is 479 Å². The minimum absolute atomic E-state index is 0.0520. The normalized spacial score (nSPS) is 11.9. The number of nitrogens with zero attached hydrogens (tertiary/aromatic N) is 7. The third-order valence-electron chi connectivity index (χ3n) is 29.0. The summed E-state index contributed by atoms with van der Waals surface area (Å²) in [5.41, 5.74) is 34.2. The monoisotopic (exact) mass is 1850 g/mol. The van der Waals surface area contributed by atoms with E-state index >= 15 is 0 Å². The lowest BCUT2D eigenvalue weighted by atomic mass is 9.81. The van der Waals surface area contributed by atoms with Crippen LogP contribution in [-0.2, 0) is 16.2 Å². The van der Waals surface area contributed by atoms with E-state index in [4.69, 9.17) is 9.97 Å². The van der Waals surface area contributed by atoms with E-state index in [2.05, 4.69) is 494 Å². The molecule has 144 heavy (non-hydrogen) atoms. The van der Waals surface area contributed by atoms with Gasteiger partial charge in [0.05, 0.1) is 11.4 Å². The molecular weight excluding hydrogens is 1740 g/mol. The van der Waals surface area contributed by atoms with Crippen molar-refractivity contribution < 1.29 is 0 Å². The van der Waals surface area contributed by atoms with E-state index in [1.54, 1.807) is 6.33 Å². The molecule has 7 nitrogen and oxygen atoms in total. The minimum atomic E-state index is 0.0520. The zero-order valence-electron chi connectivity index (χ0n) is 82.0. The SMILES string of the molecule is CC(C)(C)c1cc2ccc3c(-c4ccc(-c5ccccc5)cc4)cc(-c4ccc(-c5cc(-c6ccccc6)nc(-c6ccccc6)n5)cc4)c4ccc(c1)c2c34.CC(C)(C)c1cc2ccc3c(-c4ccc(-c5ccccc5)cc4)cc(-c4ccc(-c5cncnc5)cc4)c4ccc(c1)c2c34.CC(C)(C)c1cc2ccc3c(-c4ccc(-c5ccccc5)cc4)cc(-c4ccc(-c5ncncn5)cc4)c4ccc(c1)c2c34. The van der Waals surface area contributed by atoms with Crippen LogP contribution in [0.1, 0.15) is 79.0 Å². The lowest BCUT2D eigenvalue weighted by Gasteiger charge is -2.23. The molecule has 0 atom stereocenters. The molecule has 0 spiro atoms. The van der Waals surface area contributed by atoms with Gasteiger partial charge in [-0.05, 0) is 260 Å². The van der Waals surface area contributed by atoms with E-state index < -0.39 is 0 Å². The first-order chi connectivity index (χ1) is 70.2. The number of rotatable bonds is 14. The Morgan fingerprint density at radius 3 is 0.646 bits per heavy atom. The Kier molecular flexibility index (Phi) is 22.6. The van der Waals surface area contributed by atoms with E-state index in [1.807, 2.05) is 36.7 Å². The molecule has 0 fully saturated rings. The molecule has 0 unspecified atom stereocenters. The summed E-state index contributed by atoms with van der Waals surface area (Å²) in [4.78, 5) is 31.2. The van der Waals surface area contributed by atoms with Crippen molar-refractivity contribution in [2.24, 2.45) is 0 Å². The largest absolute Gasteiger partial charge is 0.244 e. The molecule has 26 rings (SSSR count). The summed E-state index contributed by atoms with van der Waals surface area (Å²) >= 11 is 0. The molecule has 0 aliphatic rings. The fourth-order valence-electron chi connectivity index (χ4n) is 21.3. The first-order valence-corrected chi connectivity index (χ1v) is 49.7. The zero-order chi connectivity index (χ0) is 97.5. The van der Waals surface area contributed by atoms with Gasteiger partial charge in [-0.1, -0.05) is 469 Å². The summed E-state index contributed by atoms with van der Waals surface area (Å²) in [5, 5.41) is 23.4. The van der Waals surface area contributed by atoms with Gasteiger partial charge in [0, 0.05) is 40.2 Å². The third-order valence-corrected chi connectivity index (χ3v) is 29.0. The average Bonchev–Trinajstić information content (AvgIpc) is 0.722. The van der Waals surface area contributed by atoms with Gasteiger partial charge in [-0.25, -0.2) is 34.9 Å².